The summed E-state index contributed by atoms with van der Waals surface area (Å²) < 4.78 is 5.34. The Morgan fingerprint density at radius 3 is 2.25 bits per heavy atom. The first-order valence-electron chi connectivity index (χ1n) is 6.85. The Kier molecular flexibility index (Phi) is 4.23. The van der Waals surface area contributed by atoms with E-state index in [0.29, 0.717) is 6.42 Å². The van der Waals surface area contributed by atoms with Crippen LogP contribution in [0.5, 0.6) is 5.75 Å². The van der Waals surface area contributed by atoms with Crippen LogP contribution < -0.4 is 4.74 Å². The summed E-state index contributed by atoms with van der Waals surface area (Å²) >= 11 is 0. The smallest absolute Gasteiger partial charge is 0.162 e. The lowest BCUT2D eigenvalue weighted by Gasteiger charge is -2.12. The van der Waals surface area contributed by atoms with Crippen molar-refractivity contribution >= 4 is 5.78 Å². The molecule has 0 saturated heterocycles. The van der Waals surface area contributed by atoms with E-state index in [0.717, 1.165) is 22.4 Å². The van der Waals surface area contributed by atoms with E-state index in [2.05, 4.69) is 19.1 Å². The molecule has 0 atom stereocenters. The number of ether oxygens (including phenoxy) is 1. The highest BCUT2D eigenvalue weighted by Crippen LogP contribution is 2.30. The van der Waals surface area contributed by atoms with Gasteiger partial charge < -0.3 is 4.74 Å². The summed E-state index contributed by atoms with van der Waals surface area (Å²) in [6.45, 7) is 5.99. The predicted molar refractivity (Wildman–Crippen MR) is 82.5 cm³/mol. The van der Waals surface area contributed by atoms with E-state index in [1.807, 2.05) is 38.1 Å². The minimum atomic E-state index is 0.180. The van der Waals surface area contributed by atoms with Crippen LogP contribution in [0, 0.1) is 13.8 Å². The normalized spacial score (nSPS) is 10.4. The van der Waals surface area contributed by atoms with Crippen LogP contribution in [0.2, 0.25) is 0 Å². The first-order valence-corrected chi connectivity index (χ1v) is 6.85. The number of hydrogen-bond donors (Lipinski definition) is 0. The Morgan fingerprint density at radius 1 is 1.05 bits per heavy atom. The number of ketones is 1. The van der Waals surface area contributed by atoms with Gasteiger partial charge in [-0.05, 0) is 48.2 Å². The first kappa shape index (κ1) is 14.3. The minimum absolute atomic E-state index is 0.180. The SMILES string of the molecule is CCC(=O)c1ccc(-c2cc(C)c(OC)cc2C)cc1. The highest BCUT2D eigenvalue weighted by molar-refractivity contribution is 5.96. The fourth-order valence-corrected chi connectivity index (χ4v) is 2.36. The van der Waals surface area contributed by atoms with Crippen LogP contribution in [-0.4, -0.2) is 12.9 Å². The summed E-state index contributed by atoms with van der Waals surface area (Å²) in [5, 5.41) is 0. The van der Waals surface area contributed by atoms with Gasteiger partial charge in [-0.1, -0.05) is 31.2 Å². The van der Waals surface area contributed by atoms with E-state index in [1.165, 1.54) is 11.1 Å². The number of aryl methyl sites for hydroxylation is 2. The molecule has 0 bridgehead atoms. The van der Waals surface area contributed by atoms with Gasteiger partial charge in [0, 0.05) is 12.0 Å². The summed E-state index contributed by atoms with van der Waals surface area (Å²) in [5.41, 5.74) is 5.36. The number of Topliss-reactive ketones (excluding diaryl/α,β-unsaturated/α-hetero) is 1. The van der Waals surface area contributed by atoms with Crippen LogP contribution in [0.25, 0.3) is 11.1 Å². The largest absolute Gasteiger partial charge is 0.496 e. The van der Waals surface area contributed by atoms with Gasteiger partial charge in [-0.2, -0.15) is 0 Å². The molecule has 0 saturated carbocycles. The molecule has 0 aliphatic carbocycles. The van der Waals surface area contributed by atoms with Crippen molar-refractivity contribution in [3.63, 3.8) is 0 Å². The van der Waals surface area contributed by atoms with Gasteiger partial charge in [0.05, 0.1) is 7.11 Å². The van der Waals surface area contributed by atoms with Gasteiger partial charge >= 0.3 is 0 Å². The van der Waals surface area contributed by atoms with Crippen LogP contribution in [-0.2, 0) is 0 Å². The Balaban J connectivity index is 2.42. The van der Waals surface area contributed by atoms with E-state index in [1.54, 1.807) is 7.11 Å². The molecule has 0 aliphatic rings. The Bertz CT molecular complexity index is 625. The highest BCUT2D eigenvalue weighted by atomic mass is 16.5. The van der Waals surface area contributed by atoms with Crippen LogP contribution >= 0.6 is 0 Å². The van der Waals surface area contributed by atoms with Crippen molar-refractivity contribution in [1.82, 2.24) is 0 Å². The monoisotopic (exact) mass is 268 g/mol. The number of benzene rings is 2. The van der Waals surface area contributed by atoms with Crippen LogP contribution in [0.4, 0.5) is 0 Å². The fraction of sp³-hybridized carbons (Fsp3) is 0.278. The molecule has 0 unspecified atom stereocenters. The van der Waals surface area contributed by atoms with E-state index in [4.69, 9.17) is 4.74 Å². The number of carbonyl (C=O) groups excluding carboxylic acids is 1. The average molecular weight is 268 g/mol. The van der Waals surface area contributed by atoms with Crippen LogP contribution in [0.1, 0.15) is 34.8 Å². The maximum Gasteiger partial charge on any atom is 0.162 e. The molecule has 2 heteroatoms. The third-order valence-corrected chi connectivity index (χ3v) is 3.58. The molecular formula is C18H20O2. The van der Waals surface area contributed by atoms with Gasteiger partial charge in [0.1, 0.15) is 5.75 Å². The molecule has 0 aromatic heterocycles. The van der Waals surface area contributed by atoms with E-state index in [9.17, 15) is 4.79 Å². The maximum atomic E-state index is 11.6. The highest BCUT2D eigenvalue weighted by Gasteiger charge is 2.08. The molecule has 0 radical (unpaired) electrons. The average Bonchev–Trinajstić information content (AvgIpc) is 2.48. The molecule has 0 heterocycles. The molecule has 0 amide bonds. The summed E-state index contributed by atoms with van der Waals surface area (Å²) in [6, 6.07) is 12.0. The third kappa shape index (κ3) is 2.74. The molecule has 2 nitrogen and oxygen atoms in total. The second-order valence-electron chi connectivity index (χ2n) is 4.99. The molecular weight excluding hydrogens is 248 g/mol. The van der Waals surface area contributed by atoms with E-state index >= 15 is 0 Å². The lowest BCUT2D eigenvalue weighted by Crippen LogP contribution is -1.96. The minimum Gasteiger partial charge on any atom is -0.496 e. The summed E-state index contributed by atoms with van der Waals surface area (Å²) in [5.74, 6) is 1.09. The third-order valence-electron chi connectivity index (χ3n) is 3.58. The predicted octanol–water partition coefficient (Wildman–Crippen LogP) is 4.57. The van der Waals surface area contributed by atoms with Crippen molar-refractivity contribution in [2.75, 3.05) is 7.11 Å². The summed E-state index contributed by atoms with van der Waals surface area (Å²) in [4.78, 5) is 11.6. The molecule has 0 spiro atoms. The quantitative estimate of drug-likeness (QED) is 0.759. The zero-order valence-electron chi connectivity index (χ0n) is 12.5. The maximum absolute atomic E-state index is 11.6. The van der Waals surface area contributed by atoms with Gasteiger partial charge in [-0.15, -0.1) is 0 Å². The Labute approximate surface area is 120 Å². The molecule has 2 aromatic rings. The van der Waals surface area contributed by atoms with Gasteiger partial charge in [-0.25, -0.2) is 0 Å². The first-order chi connectivity index (χ1) is 9.56. The van der Waals surface area contributed by atoms with Gasteiger partial charge in [-0.3, -0.25) is 4.79 Å². The lowest BCUT2D eigenvalue weighted by atomic mass is 9.96. The van der Waals surface area contributed by atoms with Crippen molar-refractivity contribution in [3.05, 3.63) is 53.1 Å². The zero-order valence-corrected chi connectivity index (χ0v) is 12.5. The van der Waals surface area contributed by atoms with Crippen molar-refractivity contribution in [3.8, 4) is 16.9 Å². The number of hydrogen-bond acceptors (Lipinski definition) is 2. The molecule has 0 aliphatic heterocycles. The van der Waals surface area contributed by atoms with Crippen LogP contribution in [0.3, 0.4) is 0 Å². The van der Waals surface area contributed by atoms with E-state index in [-0.39, 0.29) is 5.78 Å². The number of methoxy groups -OCH3 is 1. The second-order valence-corrected chi connectivity index (χ2v) is 4.99. The summed E-state index contributed by atoms with van der Waals surface area (Å²) in [7, 11) is 1.69. The Hall–Kier alpha value is -2.09. The molecule has 2 rings (SSSR count). The van der Waals surface area contributed by atoms with Crippen molar-refractivity contribution in [2.45, 2.75) is 27.2 Å². The van der Waals surface area contributed by atoms with Crippen LogP contribution in [0.15, 0.2) is 36.4 Å². The molecule has 20 heavy (non-hydrogen) atoms. The number of rotatable bonds is 4. The lowest BCUT2D eigenvalue weighted by molar-refractivity contribution is 0.0988. The van der Waals surface area contributed by atoms with Crippen molar-refractivity contribution < 1.29 is 9.53 Å². The molecule has 2 aromatic carbocycles. The standard InChI is InChI=1S/C18H20O2/c1-5-17(19)15-8-6-14(7-9-15)16-10-13(3)18(20-4)11-12(16)2/h6-11H,5H2,1-4H3. The van der Waals surface area contributed by atoms with E-state index < -0.39 is 0 Å². The topological polar surface area (TPSA) is 26.3 Å². The van der Waals surface area contributed by atoms with Gasteiger partial charge in [0.15, 0.2) is 5.78 Å². The zero-order chi connectivity index (χ0) is 14.7. The molecule has 0 N–H and O–H groups in total. The Morgan fingerprint density at radius 2 is 1.70 bits per heavy atom. The van der Waals surface area contributed by atoms with Crippen molar-refractivity contribution in [1.29, 1.82) is 0 Å². The second kappa shape index (κ2) is 5.91. The summed E-state index contributed by atoms with van der Waals surface area (Å²) in [6.07, 6.45) is 0.542. The molecule has 0 fully saturated rings. The van der Waals surface area contributed by atoms with Gasteiger partial charge in [0.2, 0.25) is 0 Å². The number of carbonyl (C=O) groups is 1. The van der Waals surface area contributed by atoms with Crippen molar-refractivity contribution in [2.24, 2.45) is 0 Å². The fourth-order valence-electron chi connectivity index (χ4n) is 2.36. The molecule has 104 valence electrons. The van der Waals surface area contributed by atoms with Gasteiger partial charge in [0.25, 0.3) is 0 Å².